The number of aliphatic hydroxyl groups is 1. The number of aromatic nitrogens is 1. The molecule has 3 heteroatoms. The molecule has 1 aromatic heterocycles. The molecule has 1 unspecified atom stereocenters. The molecule has 1 heterocycles. The lowest BCUT2D eigenvalue weighted by Crippen LogP contribution is -2.03. The maximum Gasteiger partial charge on any atom is 0.110 e. The van der Waals surface area contributed by atoms with E-state index in [2.05, 4.69) is 4.98 Å². The molecule has 1 rings (SSSR count). The number of hydrogen-bond acceptors (Lipinski definition) is 2. The number of aliphatic hydroxyl groups excluding tert-OH is 1. The van der Waals surface area contributed by atoms with Crippen LogP contribution in [0.4, 0.5) is 0 Å². The van der Waals surface area contributed by atoms with Gasteiger partial charge >= 0.3 is 0 Å². The number of halogens is 1. The van der Waals surface area contributed by atoms with Gasteiger partial charge < -0.3 is 5.11 Å². The van der Waals surface area contributed by atoms with Gasteiger partial charge in [-0.15, -0.1) is 11.6 Å². The summed E-state index contributed by atoms with van der Waals surface area (Å²) in [6, 6.07) is 3.73. The molecule has 0 spiro atoms. The average molecular weight is 172 g/mol. The summed E-state index contributed by atoms with van der Waals surface area (Å²) >= 11 is 5.47. The van der Waals surface area contributed by atoms with Crippen LogP contribution in [-0.4, -0.2) is 16.0 Å². The van der Waals surface area contributed by atoms with Crippen LogP contribution in [0, 0.1) is 6.92 Å². The summed E-state index contributed by atoms with van der Waals surface area (Å²) in [5.41, 5.74) is 1.64. The fourth-order valence-corrected chi connectivity index (χ4v) is 1.07. The molecular weight excluding hydrogens is 162 g/mol. The summed E-state index contributed by atoms with van der Waals surface area (Å²) in [6.45, 7) is 1.90. The fraction of sp³-hybridized carbons (Fsp3) is 0.375. The molecule has 1 aromatic rings. The van der Waals surface area contributed by atoms with Gasteiger partial charge in [-0.2, -0.15) is 0 Å². The Morgan fingerprint density at radius 2 is 2.45 bits per heavy atom. The lowest BCUT2D eigenvalue weighted by atomic mass is 10.1. The first kappa shape index (κ1) is 8.50. The van der Waals surface area contributed by atoms with Crippen molar-refractivity contribution in [1.29, 1.82) is 0 Å². The number of aryl methyl sites for hydroxylation is 1. The predicted molar refractivity (Wildman–Crippen MR) is 44.7 cm³/mol. The molecular formula is C8H10ClNO. The molecule has 0 amide bonds. The molecule has 0 radical (unpaired) electrons. The maximum atomic E-state index is 9.32. The third-order valence-electron chi connectivity index (χ3n) is 1.51. The average Bonchev–Trinajstić information content (AvgIpc) is 2.04. The maximum absolute atomic E-state index is 9.32. The second-order valence-corrected chi connectivity index (χ2v) is 2.68. The molecule has 0 fully saturated rings. The highest BCUT2D eigenvalue weighted by atomic mass is 35.5. The molecule has 0 bridgehead atoms. The lowest BCUT2D eigenvalue weighted by Gasteiger charge is -2.07. The van der Waals surface area contributed by atoms with Gasteiger partial charge in [0.15, 0.2) is 0 Å². The summed E-state index contributed by atoms with van der Waals surface area (Å²) in [5, 5.41) is 9.32. The molecule has 11 heavy (non-hydrogen) atoms. The van der Waals surface area contributed by atoms with E-state index in [0.29, 0.717) is 5.69 Å². The summed E-state index contributed by atoms with van der Waals surface area (Å²) < 4.78 is 0. The molecule has 1 atom stereocenters. The zero-order valence-corrected chi connectivity index (χ0v) is 7.04. The van der Waals surface area contributed by atoms with Crippen LogP contribution in [-0.2, 0) is 0 Å². The first-order valence-corrected chi connectivity index (χ1v) is 3.94. The van der Waals surface area contributed by atoms with Gasteiger partial charge in [0.05, 0.1) is 11.6 Å². The van der Waals surface area contributed by atoms with Gasteiger partial charge in [-0.25, -0.2) is 0 Å². The Balaban J connectivity index is 2.93. The number of nitrogens with zero attached hydrogens (tertiary/aromatic N) is 1. The molecule has 0 aliphatic rings. The van der Waals surface area contributed by atoms with Crippen molar-refractivity contribution >= 4 is 11.6 Å². The Labute approximate surface area is 70.8 Å². The third kappa shape index (κ3) is 1.91. The summed E-state index contributed by atoms with van der Waals surface area (Å²) in [6.07, 6.45) is 1.01. The van der Waals surface area contributed by atoms with Crippen LogP contribution >= 0.6 is 11.6 Å². The van der Waals surface area contributed by atoms with Gasteiger partial charge in [0.2, 0.25) is 0 Å². The Bertz CT molecular complexity index is 239. The molecule has 0 aliphatic heterocycles. The van der Waals surface area contributed by atoms with Gasteiger partial charge in [-0.05, 0) is 18.6 Å². The van der Waals surface area contributed by atoms with Crippen molar-refractivity contribution in [3.05, 3.63) is 29.6 Å². The van der Waals surface area contributed by atoms with E-state index in [0.717, 1.165) is 5.56 Å². The SMILES string of the molecule is Cc1cccnc1C(O)CCl. The highest BCUT2D eigenvalue weighted by Crippen LogP contribution is 2.14. The van der Waals surface area contributed by atoms with Crippen LogP contribution in [0.3, 0.4) is 0 Å². The van der Waals surface area contributed by atoms with Gasteiger partial charge in [-0.1, -0.05) is 6.07 Å². The first-order chi connectivity index (χ1) is 5.25. The molecule has 0 aliphatic carbocycles. The van der Waals surface area contributed by atoms with E-state index in [9.17, 15) is 5.11 Å². The van der Waals surface area contributed by atoms with Crippen LogP contribution in [0.1, 0.15) is 17.4 Å². The molecule has 0 saturated carbocycles. The Morgan fingerprint density at radius 1 is 1.73 bits per heavy atom. The van der Waals surface area contributed by atoms with Crippen LogP contribution in [0.15, 0.2) is 18.3 Å². The molecule has 1 N–H and O–H groups in total. The Hall–Kier alpha value is -0.600. The number of pyridine rings is 1. The zero-order valence-electron chi connectivity index (χ0n) is 6.29. The highest BCUT2D eigenvalue weighted by molar-refractivity contribution is 6.18. The number of alkyl halides is 1. The van der Waals surface area contributed by atoms with E-state index in [1.807, 2.05) is 19.1 Å². The fourth-order valence-electron chi connectivity index (χ4n) is 0.920. The molecule has 0 aromatic carbocycles. The quantitative estimate of drug-likeness (QED) is 0.687. The highest BCUT2D eigenvalue weighted by Gasteiger charge is 2.08. The second kappa shape index (κ2) is 3.69. The van der Waals surface area contributed by atoms with Crippen LogP contribution < -0.4 is 0 Å². The van der Waals surface area contributed by atoms with Crippen LogP contribution in [0.5, 0.6) is 0 Å². The largest absolute Gasteiger partial charge is 0.386 e. The van der Waals surface area contributed by atoms with Crippen molar-refractivity contribution in [1.82, 2.24) is 4.98 Å². The van der Waals surface area contributed by atoms with Crippen LogP contribution in [0.25, 0.3) is 0 Å². The van der Waals surface area contributed by atoms with Gasteiger partial charge in [-0.3, -0.25) is 4.98 Å². The number of rotatable bonds is 2. The van der Waals surface area contributed by atoms with E-state index in [1.165, 1.54) is 0 Å². The van der Waals surface area contributed by atoms with E-state index in [4.69, 9.17) is 11.6 Å². The van der Waals surface area contributed by atoms with E-state index < -0.39 is 6.10 Å². The Morgan fingerprint density at radius 3 is 3.00 bits per heavy atom. The standard InChI is InChI=1S/C8H10ClNO/c1-6-3-2-4-10-8(6)7(11)5-9/h2-4,7,11H,5H2,1H3. The third-order valence-corrected chi connectivity index (χ3v) is 1.80. The summed E-state index contributed by atoms with van der Waals surface area (Å²) in [4.78, 5) is 4.01. The summed E-state index contributed by atoms with van der Waals surface area (Å²) in [5.74, 6) is 0.192. The van der Waals surface area contributed by atoms with Crippen molar-refractivity contribution in [2.24, 2.45) is 0 Å². The van der Waals surface area contributed by atoms with E-state index >= 15 is 0 Å². The minimum Gasteiger partial charge on any atom is -0.386 e. The Kier molecular flexibility index (Phi) is 2.85. The topological polar surface area (TPSA) is 33.1 Å². The first-order valence-electron chi connectivity index (χ1n) is 3.41. The van der Waals surface area contributed by atoms with Crippen molar-refractivity contribution in [3.63, 3.8) is 0 Å². The van der Waals surface area contributed by atoms with Crippen molar-refractivity contribution in [2.45, 2.75) is 13.0 Å². The number of hydrogen-bond donors (Lipinski definition) is 1. The van der Waals surface area contributed by atoms with E-state index in [-0.39, 0.29) is 5.88 Å². The van der Waals surface area contributed by atoms with Gasteiger partial charge in [0.25, 0.3) is 0 Å². The van der Waals surface area contributed by atoms with Gasteiger partial charge in [0, 0.05) is 6.20 Å². The monoisotopic (exact) mass is 171 g/mol. The second-order valence-electron chi connectivity index (χ2n) is 2.38. The predicted octanol–water partition coefficient (Wildman–Crippen LogP) is 1.66. The van der Waals surface area contributed by atoms with E-state index in [1.54, 1.807) is 6.20 Å². The van der Waals surface area contributed by atoms with Crippen LogP contribution in [0.2, 0.25) is 0 Å². The molecule has 2 nitrogen and oxygen atoms in total. The zero-order chi connectivity index (χ0) is 8.27. The minimum atomic E-state index is -0.641. The minimum absolute atomic E-state index is 0.192. The lowest BCUT2D eigenvalue weighted by molar-refractivity contribution is 0.197. The molecule has 60 valence electrons. The normalized spacial score (nSPS) is 13.0. The van der Waals surface area contributed by atoms with Crippen molar-refractivity contribution in [3.8, 4) is 0 Å². The van der Waals surface area contributed by atoms with Crippen molar-refractivity contribution in [2.75, 3.05) is 5.88 Å². The summed E-state index contributed by atoms with van der Waals surface area (Å²) in [7, 11) is 0. The molecule has 0 saturated heterocycles. The van der Waals surface area contributed by atoms with Crippen molar-refractivity contribution < 1.29 is 5.11 Å². The smallest absolute Gasteiger partial charge is 0.110 e. The van der Waals surface area contributed by atoms with Gasteiger partial charge in [0.1, 0.15) is 6.10 Å².